The van der Waals surface area contributed by atoms with Crippen molar-refractivity contribution in [1.29, 1.82) is 0 Å². The predicted molar refractivity (Wildman–Crippen MR) is 82.0 cm³/mol. The van der Waals surface area contributed by atoms with E-state index in [1.54, 1.807) is 0 Å². The molecule has 0 amide bonds. The second kappa shape index (κ2) is 8.96. The van der Waals surface area contributed by atoms with Crippen molar-refractivity contribution in [3.8, 4) is 0 Å². The van der Waals surface area contributed by atoms with E-state index in [2.05, 4.69) is 41.5 Å². The highest BCUT2D eigenvalue weighted by Crippen LogP contribution is 2.35. The van der Waals surface area contributed by atoms with Gasteiger partial charge in [-0.05, 0) is 49.4 Å². The molecule has 0 aromatic heterocycles. The van der Waals surface area contributed by atoms with Crippen LogP contribution in [0.15, 0.2) is 0 Å². The van der Waals surface area contributed by atoms with Gasteiger partial charge in [0.25, 0.3) is 0 Å². The Kier molecular flexibility index (Phi) is 8.94. The Bertz CT molecular complexity index is 182. The standard InChI is InChI=1S/C17H36O/c1-7-13-17(11-5,12-6)15-18-14-16(8-2,9-3)10-4/h7-15H2,1-6H3. The Morgan fingerprint density at radius 1 is 0.611 bits per heavy atom. The van der Waals surface area contributed by atoms with Crippen LogP contribution >= 0.6 is 0 Å². The Morgan fingerprint density at radius 3 is 1.33 bits per heavy atom. The van der Waals surface area contributed by atoms with Gasteiger partial charge >= 0.3 is 0 Å². The van der Waals surface area contributed by atoms with Gasteiger partial charge in [-0.1, -0.05) is 48.0 Å². The SMILES string of the molecule is CCCC(CC)(CC)COCC(CC)(CC)CC. The number of rotatable bonds is 11. The maximum atomic E-state index is 6.17. The van der Waals surface area contributed by atoms with Crippen molar-refractivity contribution in [2.45, 2.75) is 86.5 Å². The average Bonchev–Trinajstić information content (AvgIpc) is 2.43. The summed E-state index contributed by atoms with van der Waals surface area (Å²) in [7, 11) is 0. The minimum absolute atomic E-state index is 0.416. The van der Waals surface area contributed by atoms with Crippen molar-refractivity contribution < 1.29 is 4.74 Å². The molecule has 0 radical (unpaired) electrons. The summed E-state index contributed by atoms with van der Waals surface area (Å²) in [5.74, 6) is 0. The van der Waals surface area contributed by atoms with Crippen LogP contribution in [0.1, 0.15) is 86.5 Å². The molecule has 0 saturated carbocycles. The lowest BCUT2D eigenvalue weighted by molar-refractivity contribution is -0.0200. The van der Waals surface area contributed by atoms with E-state index in [1.807, 2.05) is 0 Å². The quantitative estimate of drug-likeness (QED) is 0.452. The molecule has 0 N–H and O–H groups in total. The zero-order chi connectivity index (χ0) is 14.1. The maximum Gasteiger partial charge on any atom is 0.0522 e. The molecule has 0 saturated heterocycles. The summed E-state index contributed by atoms with van der Waals surface area (Å²) in [5.41, 5.74) is 0.842. The molecule has 18 heavy (non-hydrogen) atoms. The van der Waals surface area contributed by atoms with E-state index in [-0.39, 0.29) is 0 Å². The lowest BCUT2D eigenvalue weighted by atomic mass is 9.78. The largest absolute Gasteiger partial charge is 0.380 e. The number of hydrogen-bond donors (Lipinski definition) is 0. The molecule has 0 aromatic carbocycles. The molecular formula is C17H36O. The monoisotopic (exact) mass is 256 g/mol. The maximum absolute atomic E-state index is 6.17. The fourth-order valence-corrected chi connectivity index (χ4v) is 2.95. The van der Waals surface area contributed by atoms with Gasteiger partial charge in [-0.15, -0.1) is 0 Å². The van der Waals surface area contributed by atoms with E-state index in [0.717, 1.165) is 13.2 Å². The van der Waals surface area contributed by atoms with Gasteiger partial charge in [-0.25, -0.2) is 0 Å². The minimum atomic E-state index is 0.416. The van der Waals surface area contributed by atoms with Crippen LogP contribution in [0.3, 0.4) is 0 Å². The van der Waals surface area contributed by atoms with Crippen molar-refractivity contribution in [1.82, 2.24) is 0 Å². The van der Waals surface area contributed by atoms with E-state index in [4.69, 9.17) is 4.74 Å². The van der Waals surface area contributed by atoms with E-state index in [9.17, 15) is 0 Å². The summed E-state index contributed by atoms with van der Waals surface area (Å²) >= 11 is 0. The zero-order valence-electron chi connectivity index (χ0n) is 13.8. The van der Waals surface area contributed by atoms with Crippen molar-refractivity contribution in [3.05, 3.63) is 0 Å². The van der Waals surface area contributed by atoms with Gasteiger partial charge < -0.3 is 4.74 Å². The lowest BCUT2D eigenvalue weighted by Crippen LogP contribution is -2.30. The highest BCUT2D eigenvalue weighted by molar-refractivity contribution is 4.78. The first kappa shape index (κ1) is 18.0. The predicted octanol–water partition coefficient (Wildman–Crippen LogP) is 5.83. The first-order valence-electron chi connectivity index (χ1n) is 8.15. The molecule has 110 valence electrons. The molecule has 0 unspecified atom stereocenters. The zero-order valence-corrected chi connectivity index (χ0v) is 13.8. The van der Waals surface area contributed by atoms with Crippen LogP contribution in [0.5, 0.6) is 0 Å². The van der Waals surface area contributed by atoms with E-state index < -0.39 is 0 Å². The van der Waals surface area contributed by atoms with Gasteiger partial charge in [-0.3, -0.25) is 0 Å². The van der Waals surface area contributed by atoms with Crippen molar-refractivity contribution >= 4 is 0 Å². The molecule has 0 aliphatic heterocycles. The molecule has 0 rings (SSSR count). The van der Waals surface area contributed by atoms with Gasteiger partial charge in [0.1, 0.15) is 0 Å². The first-order chi connectivity index (χ1) is 8.57. The average molecular weight is 256 g/mol. The fourth-order valence-electron chi connectivity index (χ4n) is 2.95. The van der Waals surface area contributed by atoms with Crippen LogP contribution < -0.4 is 0 Å². The summed E-state index contributed by atoms with van der Waals surface area (Å²) in [4.78, 5) is 0. The highest BCUT2D eigenvalue weighted by atomic mass is 16.5. The van der Waals surface area contributed by atoms with Gasteiger partial charge in [0.15, 0.2) is 0 Å². The van der Waals surface area contributed by atoms with Crippen LogP contribution in [0.4, 0.5) is 0 Å². The molecular weight excluding hydrogens is 220 g/mol. The van der Waals surface area contributed by atoms with E-state index in [1.165, 1.54) is 44.9 Å². The van der Waals surface area contributed by atoms with E-state index in [0.29, 0.717) is 10.8 Å². The van der Waals surface area contributed by atoms with Crippen LogP contribution in [0.25, 0.3) is 0 Å². The van der Waals surface area contributed by atoms with E-state index >= 15 is 0 Å². The summed E-state index contributed by atoms with van der Waals surface area (Å²) in [6.45, 7) is 15.7. The molecule has 0 aliphatic rings. The van der Waals surface area contributed by atoms with Crippen molar-refractivity contribution in [2.24, 2.45) is 10.8 Å². The van der Waals surface area contributed by atoms with Gasteiger partial charge in [-0.2, -0.15) is 0 Å². The lowest BCUT2D eigenvalue weighted by Gasteiger charge is -2.35. The molecule has 0 atom stereocenters. The van der Waals surface area contributed by atoms with Gasteiger partial charge in [0.05, 0.1) is 13.2 Å². The second-order valence-electron chi connectivity index (χ2n) is 6.01. The molecule has 0 aromatic rings. The molecule has 1 heteroatoms. The Balaban J connectivity index is 4.36. The van der Waals surface area contributed by atoms with Crippen molar-refractivity contribution in [2.75, 3.05) is 13.2 Å². The van der Waals surface area contributed by atoms with Crippen LogP contribution in [0, 0.1) is 10.8 Å². The molecule has 0 fully saturated rings. The van der Waals surface area contributed by atoms with Gasteiger partial charge in [0, 0.05) is 0 Å². The Labute approximate surface area is 116 Å². The fraction of sp³-hybridized carbons (Fsp3) is 1.00. The molecule has 0 bridgehead atoms. The van der Waals surface area contributed by atoms with Crippen LogP contribution in [-0.4, -0.2) is 13.2 Å². The third kappa shape index (κ3) is 4.91. The highest BCUT2D eigenvalue weighted by Gasteiger charge is 2.28. The molecule has 0 heterocycles. The second-order valence-corrected chi connectivity index (χ2v) is 6.01. The van der Waals surface area contributed by atoms with Gasteiger partial charge in [0.2, 0.25) is 0 Å². The molecule has 0 spiro atoms. The third-order valence-electron chi connectivity index (χ3n) is 5.35. The van der Waals surface area contributed by atoms with Crippen LogP contribution in [-0.2, 0) is 4.74 Å². The third-order valence-corrected chi connectivity index (χ3v) is 5.35. The van der Waals surface area contributed by atoms with Crippen LogP contribution in [0.2, 0.25) is 0 Å². The molecule has 1 nitrogen and oxygen atoms in total. The minimum Gasteiger partial charge on any atom is -0.380 e. The normalized spacial score (nSPS) is 13.0. The number of hydrogen-bond acceptors (Lipinski definition) is 1. The molecule has 0 aliphatic carbocycles. The number of ether oxygens (including phenoxy) is 1. The Morgan fingerprint density at radius 2 is 1.00 bits per heavy atom. The smallest absolute Gasteiger partial charge is 0.0522 e. The topological polar surface area (TPSA) is 9.23 Å². The summed E-state index contributed by atoms with van der Waals surface area (Å²) in [6.07, 6.45) is 8.77. The summed E-state index contributed by atoms with van der Waals surface area (Å²) in [6, 6.07) is 0. The Hall–Kier alpha value is -0.0400. The first-order valence-corrected chi connectivity index (χ1v) is 8.15. The van der Waals surface area contributed by atoms with Crippen molar-refractivity contribution in [3.63, 3.8) is 0 Å². The summed E-state index contributed by atoms with van der Waals surface area (Å²) in [5, 5.41) is 0. The summed E-state index contributed by atoms with van der Waals surface area (Å²) < 4.78 is 6.17.